The molecule has 2 rings (SSSR count). The highest BCUT2D eigenvalue weighted by molar-refractivity contribution is 5.84. The minimum atomic E-state index is -0.894. The molecule has 1 unspecified atom stereocenters. The quantitative estimate of drug-likeness (QED) is 0.874. The zero-order valence-corrected chi connectivity index (χ0v) is 11.1. The van der Waals surface area contributed by atoms with Crippen LogP contribution in [0.5, 0.6) is 0 Å². The summed E-state index contributed by atoms with van der Waals surface area (Å²) in [7, 11) is 1.83. The van der Waals surface area contributed by atoms with Crippen LogP contribution < -0.4 is 0 Å². The van der Waals surface area contributed by atoms with E-state index < -0.39 is 12.0 Å². The van der Waals surface area contributed by atoms with Gasteiger partial charge in [0.05, 0.1) is 6.20 Å². The van der Waals surface area contributed by atoms with Crippen LogP contribution in [0.1, 0.15) is 31.2 Å². The van der Waals surface area contributed by atoms with Gasteiger partial charge in [0.2, 0.25) is 5.91 Å². The van der Waals surface area contributed by atoms with Crippen LogP contribution >= 0.6 is 0 Å². The van der Waals surface area contributed by atoms with Crippen molar-refractivity contribution in [3.05, 3.63) is 18.0 Å². The molecule has 1 aliphatic heterocycles. The maximum absolute atomic E-state index is 12.1. The van der Waals surface area contributed by atoms with Crippen LogP contribution in [0.3, 0.4) is 0 Å². The van der Waals surface area contributed by atoms with Gasteiger partial charge in [-0.2, -0.15) is 5.10 Å². The number of carboxylic acid groups (broad SMARTS) is 1. The maximum Gasteiger partial charge on any atom is 0.326 e. The molecule has 2 heterocycles. The average molecular weight is 265 g/mol. The zero-order chi connectivity index (χ0) is 13.8. The molecular weight excluding hydrogens is 246 g/mol. The predicted octanol–water partition coefficient (Wildman–Crippen LogP) is 0.818. The minimum Gasteiger partial charge on any atom is -0.480 e. The molecule has 1 atom stereocenters. The molecule has 1 saturated heterocycles. The number of carbonyl (C=O) groups excluding carboxylic acids is 1. The summed E-state index contributed by atoms with van der Waals surface area (Å²) in [6.45, 7) is 0.558. The summed E-state index contributed by atoms with van der Waals surface area (Å²) in [6.07, 6.45) is 6.89. The van der Waals surface area contributed by atoms with E-state index in [2.05, 4.69) is 5.10 Å². The fraction of sp³-hybridized carbons (Fsp3) is 0.615. The lowest BCUT2D eigenvalue weighted by atomic mass is 10.0. The summed E-state index contributed by atoms with van der Waals surface area (Å²) in [5.41, 5.74) is 1.000. The third-order valence-electron chi connectivity index (χ3n) is 3.49. The number of hydrogen-bond donors (Lipinski definition) is 1. The van der Waals surface area contributed by atoms with Gasteiger partial charge in [-0.1, -0.05) is 0 Å². The number of carbonyl (C=O) groups is 2. The predicted molar refractivity (Wildman–Crippen MR) is 68.5 cm³/mol. The van der Waals surface area contributed by atoms with E-state index in [-0.39, 0.29) is 5.91 Å². The number of piperidine rings is 1. The second-order valence-electron chi connectivity index (χ2n) is 4.96. The molecule has 0 radical (unpaired) electrons. The van der Waals surface area contributed by atoms with E-state index in [1.54, 1.807) is 10.9 Å². The molecule has 6 nitrogen and oxygen atoms in total. The number of carboxylic acids is 1. The van der Waals surface area contributed by atoms with Crippen molar-refractivity contribution in [2.75, 3.05) is 6.54 Å². The lowest BCUT2D eigenvalue weighted by Crippen LogP contribution is -2.48. The van der Waals surface area contributed by atoms with Crippen LogP contribution in [0.2, 0.25) is 0 Å². The topological polar surface area (TPSA) is 75.4 Å². The van der Waals surface area contributed by atoms with Gasteiger partial charge in [-0.05, 0) is 31.2 Å². The van der Waals surface area contributed by atoms with Crippen LogP contribution in [0, 0.1) is 0 Å². The molecule has 0 saturated carbocycles. The van der Waals surface area contributed by atoms with E-state index >= 15 is 0 Å². The Balaban J connectivity index is 1.92. The van der Waals surface area contributed by atoms with Crippen LogP contribution in [0.15, 0.2) is 12.4 Å². The van der Waals surface area contributed by atoms with E-state index in [0.29, 0.717) is 25.8 Å². The fourth-order valence-electron chi connectivity index (χ4n) is 2.48. The van der Waals surface area contributed by atoms with Crippen molar-refractivity contribution in [3.8, 4) is 0 Å². The number of aryl methyl sites for hydroxylation is 2. The van der Waals surface area contributed by atoms with Crippen molar-refractivity contribution >= 4 is 11.9 Å². The number of hydrogen-bond acceptors (Lipinski definition) is 3. The molecule has 1 N–H and O–H groups in total. The number of rotatable bonds is 4. The first kappa shape index (κ1) is 13.6. The molecule has 0 bridgehead atoms. The van der Waals surface area contributed by atoms with Crippen molar-refractivity contribution in [2.45, 2.75) is 38.1 Å². The molecular formula is C13H19N3O3. The first-order valence-electron chi connectivity index (χ1n) is 6.57. The standard InChI is InChI=1S/C13H19N3O3/c1-15-9-10(8-14-15)5-6-12(17)16-7-3-2-4-11(16)13(18)19/h8-9,11H,2-7H2,1H3,(H,18,19). The lowest BCUT2D eigenvalue weighted by molar-refractivity contribution is -0.152. The molecule has 1 amide bonds. The normalized spacial score (nSPS) is 19.4. The summed E-state index contributed by atoms with van der Waals surface area (Å²) in [5, 5.41) is 13.2. The Bertz CT molecular complexity index is 469. The summed E-state index contributed by atoms with van der Waals surface area (Å²) in [5.74, 6) is -0.967. The second-order valence-corrected chi connectivity index (χ2v) is 4.96. The van der Waals surface area contributed by atoms with E-state index in [4.69, 9.17) is 5.11 Å². The molecule has 104 valence electrons. The van der Waals surface area contributed by atoms with Gasteiger partial charge >= 0.3 is 5.97 Å². The molecule has 1 fully saturated rings. The fourth-order valence-corrected chi connectivity index (χ4v) is 2.48. The summed E-state index contributed by atoms with van der Waals surface area (Å²) in [4.78, 5) is 24.8. The van der Waals surface area contributed by atoms with Gasteiger partial charge in [-0.15, -0.1) is 0 Å². The van der Waals surface area contributed by atoms with E-state index in [9.17, 15) is 9.59 Å². The van der Waals surface area contributed by atoms with E-state index in [1.807, 2.05) is 13.2 Å². The Morgan fingerprint density at radius 1 is 1.47 bits per heavy atom. The maximum atomic E-state index is 12.1. The first-order chi connectivity index (χ1) is 9.08. The first-order valence-corrected chi connectivity index (χ1v) is 6.57. The van der Waals surface area contributed by atoms with Crippen molar-refractivity contribution in [2.24, 2.45) is 7.05 Å². The minimum absolute atomic E-state index is 0.0732. The zero-order valence-electron chi connectivity index (χ0n) is 11.1. The monoisotopic (exact) mass is 265 g/mol. The number of amides is 1. The SMILES string of the molecule is Cn1cc(CCC(=O)N2CCCCC2C(=O)O)cn1. The molecule has 0 spiro atoms. The van der Waals surface area contributed by atoms with Gasteiger partial charge in [0, 0.05) is 26.2 Å². The van der Waals surface area contributed by atoms with Crippen LogP contribution in [0.4, 0.5) is 0 Å². The van der Waals surface area contributed by atoms with Crippen molar-refractivity contribution in [1.82, 2.24) is 14.7 Å². The van der Waals surface area contributed by atoms with Gasteiger partial charge in [0.25, 0.3) is 0 Å². The Morgan fingerprint density at radius 3 is 2.89 bits per heavy atom. The molecule has 0 aromatic carbocycles. The van der Waals surface area contributed by atoms with Gasteiger partial charge < -0.3 is 10.0 Å². The van der Waals surface area contributed by atoms with Gasteiger partial charge in [0.1, 0.15) is 6.04 Å². The number of nitrogens with zero attached hydrogens (tertiary/aromatic N) is 3. The van der Waals surface area contributed by atoms with E-state index in [0.717, 1.165) is 18.4 Å². The summed E-state index contributed by atoms with van der Waals surface area (Å²) < 4.78 is 1.70. The van der Waals surface area contributed by atoms with E-state index in [1.165, 1.54) is 4.90 Å². The number of likely N-dealkylation sites (tertiary alicyclic amines) is 1. The smallest absolute Gasteiger partial charge is 0.326 e. The highest BCUT2D eigenvalue weighted by Gasteiger charge is 2.31. The third-order valence-corrected chi connectivity index (χ3v) is 3.49. The van der Waals surface area contributed by atoms with Crippen molar-refractivity contribution in [1.29, 1.82) is 0 Å². The highest BCUT2D eigenvalue weighted by atomic mass is 16.4. The Hall–Kier alpha value is -1.85. The van der Waals surface area contributed by atoms with Gasteiger partial charge in [-0.3, -0.25) is 9.48 Å². The van der Waals surface area contributed by atoms with Crippen LogP contribution in [-0.4, -0.2) is 44.3 Å². The highest BCUT2D eigenvalue weighted by Crippen LogP contribution is 2.18. The Morgan fingerprint density at radius 2 is 2.26 bits per heavy atom. The largest absolute Gasteiger partial charge is 0.480 e. The molecule has 1 aliphatic rings. The lowest BCUT2D eigenvalue weighted by Gasteiger charge is -2.33. The van der Waals surface area contributed by atoms with Gasteiger partial charge in [0.15, 0.2) is 0 Å². The van der Waals surface area contributed by atoms with Crippen molar-refractivity contribution in [3.63, 3.8) is 0 Å². The van der Waals surface area contributed by atoms with Crippen LogP contribution in [-0.2, 0) is 23.1 Å². The third kappa shape index (κ3) is 3.33. The Kier molecular flexibility index (Phi) is 4.19. The number of aromatic nitrogens is 2. The number of aliphatic carboxylic acids is 1. The van der Waals surface area contributed by atoms with Crippen LogP contribution in [0.25, 0.3) is 0 Å². The molecule has 1 aromatic heterocycles. The van der Waals surface area contributed by atoms with Gasteiger partial charge in [-0.25, -0.2) is 4.79 Å². The molecule has 6 heteroatoms. The summed E-state index contributed by atoms with van der Waals surface area (Å²) >= 11 is 0. The molecule has 0 aliphatic carbocycles. The average Bonchev–Trinajstić information content (AvgIpc) is 2.81. The molecule has 19 heavy (non-hydrogen) atoms. The second kappa shape index (κ2) is 5.86. The van der Waals surface area contributed by atoms with Crippen molar-refractivity contribution < 1.29 is 14.7 Å². The molecule has 1 aromatic rings. The Labute approximate surface area is 112 Å². The summed E-state index contributed by atoms with van der Waals surface area (Å²) in [6, 6.07) is -0.643.